The molecule has 9 heteroatoms. The first kappa shape index (κ1) is 27.3. The van der Waals surface area contributed by atoms with Crippen molar-refractivity contribution in [1.29, 1.82) is 0 Å². The van der Waals surface area contributed by atoms with Gasteiger partial charge in [-0.05, 0) is 42.7 Å². The monoisotopic (exact) mass is 498 g/mol. The summed E-state index contributed by atoms with van der Waals surface area (Å²) in [7, 11) is 0. The summed E-state index contributed by atoms with van der Waals surface area (Å²) in [4.78, 5) is 43.1. The Kier molecular flexibility index (Phi) is 10.4. The minimum Gasteiger partial charge on any atom is -0.465 e. The molecule has 1 saturated heterocycles. The van der Waals surface area contributed by atoms with Crippen molar-refractivity contribution in [2.45, 2.75) is 26.8 Å². The number of rotatable bonds is 11. The first-order chi connectivity index (χ1) is 17.4. The number of nitrogens with zero attached hydrogens (tertiary/aromatic N) is 3. The van der Waals surface area contributed by atoms with Crippen LogP contribution < -0.4 is 5.32 Å². The number of carbonyl (C=O) groups excluding carboxylic acids is 3. The van der Waals surface area contributed by atoms with Gasteiger partial charge in [-0.3, -0.25) is 24.2 Å². The van der Waals surface area contributed by atoms with Crippen LogP contribution in [0.1, 0.15) is 25.0 Å². The fourth-order valence-electron chi connectivity index (χ4n) is 4.19. The highest BCUT2D eigenvalue weighted by atomic mass is 19.1. The van der Waals surface area contributed by atoms with E-state index in [0.717, 1.165) is 23.2 Å². The third-order valence-electron chi connectivity index (χ3n) is 6.10. The summed E-state index contributed by atoms with van der Waals surface area (Å²) in [6, 6.07) is 13.8. The minimum absolute atomic E-state index is 0.0314. The van der Waals surface area contributed by atoms with E-state index in [1.165, 1.54) is 12.1 Å². The SMILES string of the molecule is CCOC(=O)CN(CC(=O)N1CCN(CC(=O)Nc2ccccc2CC)CC1)Cc1ccc(F)cc1. The number of piperazine rings is 1. The number of esters is 1. The molecule has 1 N–H and O–H groups in total. The van der Waals surface area contributed by atoms with Crippen LogP contribution in [0.2, 0.25) is 0 Å². The molecule has 0 aliphatic carbocycles. The molecule has 1 aliphatic rings. The Morgan fingerprint density at radius 3 is 2.33 bits per heavy atom. The van der Waals surface area contributed by atoms with E-state index in [9.17, 15) is 18.8 Å². The number of para-hydroxylation sites is 1. The van der Waals surface area contributed by atoms with Gasteiger partial charge in [0.05, 0.1) is 26.2 Å². The van der Waals surface area contributed by atoms with Crippen molar-refractivity contribution in [3.05, 3.63) is 65.5 Å². The predicted molar refractivity (Wildman–Crippen MR) is 136 cm³/mol. The van der Waals surface area contributed by atoms with Crippen LogP contribution in [0, 0.1) is 5.82 Å². The van der Waals surface area contributed by atoms with Crippen molar-refractivity contribution in [3.8, 4) is 0 Å². The predicted octanol–water partition coefficient (Wildman–Crippen LogP) is 2.54. The van der Waals surface area contributed by atoms with Crippen LogP contribution in [0.15, 0.2) is 48.5 Å². The quantitative estimate of drug-likeness (QED) is 0.480. The molecule has 0 radical (unpaired) electrons. The molecule has 0 spiro atoms. The van der Waals surface area contributed by atoms with Crippen LogP contribution >= 0.6 is 0 Å². The van der Waals surface area contributed by atoms with E-state index in [0.29, 0.717) is 32.7 Å². The van der Waals surface area contributed by atoms with Crippen LogP contribution in [0.25, 0.3) is 0 Å². The number of hydrogen-bond donors (Lipinski definition) is 1. The van der Waals surface area contributed by atoms with Gasteiger partial charge in [-0.2, -0.15) is 0 Å². The normalized spacial score (nSPS) is 14.1. The molecule has 194 valence electrons. The van der Waals surface area contributed by atoms with E-state index in [2.05, 4.69) is 12.2 Å². The molecule has 1 aliphatic heterocycles. The molecular formula is C27H35FN4O4. The zero-order valence-electron chi connectivity index (χ0n) is 21.0. The number of amides is 2. The molecule has 0 unspecified atom stereocenters. The summed E-state index contributed by atoms with van der Waals surface area (Å²) < 4.78 is 18.3. The first-order valence-corrected chi connectivity index (χ1v) is 12.4. The molecule has 0 atom stereocenters. The number of benzene rings is 2. The van der Waals surface area contributed by atoms with Crippen molar-refractivity contribution in [2.24, 2.45) is 0 Å². The Balaban J connectivity index is 1.50. The van der Waals surface area contributed by atoms with Gasteiger partial charge in [0.15, 0.2) is 0 Å². The second-order valence-corrected chi connectivity index (χ2v) is 8.79. The molecule has 2 aromatic carbocycles. The van der Waals surface area contributed by atoms with Crippen molar-refractivity contribution in [3.63, 3.8) is 0 Å². The van der Waals surface area contributed by atoms with Crippen molar-refractivity contribution in [2.75, 3.05) is 57.7 Å². The zero-order chi connectivity index (χ0) is 25.9. The second-order valence-electron chi connectivity index (χ2n) is 8.79. The van der Waals surface area contributed by atoms with E-state index >= 15 is 0 Å². The summed E-state index contributed by atoms with van der Waals surface area (Å²) in [5.41, 5.74) is 2.73. The van der Waals surface area contributed by atoms with Gasteiger partial charge in [0.1, 0.15) is 5.82 Å². The summed E-state index contributed by atoms with van der Waals surface area (Å²) in [5.74, 6) is -0.918. The minimum atomic E-state index is -0.409. The molecule has 3 rings (SSSR count). The van der Waals surface area contributed by atoms with E-state index < -0.39 is 5.97 Å². The molecule has 0 saturated carbocycles. The number of anilines is 1. The lowest BCUT2D eigenvalue weighted by atomic mass is 10.1. The standard InChI is InChI=1S/C27H35FN4O4/c1-3-22-7-5-6-8-24(22)29-25(33)18-30-13-15-32(16-14-30)26(34)19-31(20-27(35)36-4-2)17-21-9-11-23(28)12-10-21/h5-12H,3-4,13-20H2,1-2H3,(H,29,33). The summed E-state index contributed by atoms with van der Waals surface area (Å²) in [6.07, 6.45) is 0.839. The van der Waals surface area contributed by atoms with Crippen LogP contribution in [-0.2, 0) is 32.1 Å². The summed E-state index contributed by atoms with van der Waals surface area (Å²) in [6.45, 7) is 6.82. The molecule has 0 aromatic heterocycles. The average Bonchev–Trinajstić information content (AvgIpc) is 2.86. The molecule has 2 aromatic rings. The molecule has 0 bridgehead atoms. The van der Waals surface area contributed by atoms with Crippen LogP contribution in [-0.4, -0.2) is 84.9 Å². The Labute approximate surface area is 212 Å². The molecule has 36 heavy (non-hydrogen) atoms. The van der Waals surface area contributed by atoms with Gasteiger partial charge in [0, 0.05) is 38.4 Å². The van der Waals surface area contributed by atoms with Gasteiger partial charge in [-0.25, -0.2) is 4.39 Å². The first-order valence-electron chi connectivity index (χ1n) is 12.4. The molecular weight excluding hydrogens is 463 g/mol. The largest absolute Gasteiger partial charge is 0.465 e. The van der Waals surface area contributed by atoms with Gasteiger partial charge >= 0.3 is 5.97 Å². The van der Waals surface area contributed by atoms with Gasteiger partial charge in [0.2, 0.25) is 11.8 Å². The smallest absolute Gasteiger partial charge is 0.320 e. The lowest BCUT2D eigenvalue weighted by Gasteiger charge is -2.35. The van der Waals surface area contributed by atoms with E-state index in [-0.39, 0.29) is 43.9 Å². The van der Waals surface area contributed by atoms with Crippen LogP contribution in [0.5, 0.6) is 0 Å². The van der Waals surface area contributed by atoms with E-state index in [4.69, 9.17) is 4.74 Å². The number of aryl methyl sites for hydroxylation is 1. The highest BCUT2D eigenvalue weighted by molar-refractivity contribution is 5.93. The number of carbonyl (C=O) groups is 3. The maximum atomic E-state index is 13.3. The number of halogens is 1. The van der Waals surface area contributed by atoms with Gasteiger partial charge in [0.25, 0.3) is 0 Å². The fraction of sp³-hybridized carbons (Fsp3) is 0.444. The lowest BCUT2D eigenvalue weighted by Crippen LogP contribution is -2.52. The van der Waals surface area contributed by atoms with Crippen molar-refractivity contribution in [1.82, 2.24) is 14.7 Å². The summed E-state index contributed by atoms with van der Waals surface area (Å²) >= 11 is 0. The Bertz CT molecular complexity index is 1020. The third-order valence-corrected chi connectivity index (χ3v) is 6.10. The van der Waals surface area contributed by atoms with Crippen molar-refractivity contribution >= 4 is 23.5 Å². The van der Waals surface area contributed by atoms with Crippen molar-refractivity contribution < 1.29 is 23.5 Å². The molecule has 1 fully saturated rings. The molecule has 2 amide bonds. The molecule has 1 heterocycles. The van der Waals surface area contributed by atoms with Crippen LogP contribution in [0.4, 0.5) is 10.1 Å². The number of hydrogen-bond acceptors (Lipinski definition) is 6. The van der Waals surface area contributed by atoms with Gasteiger partial charge < -0.3 is 15.0 Å². The Hall–Kier alpha value is -3.30. The maximum Gasteiger partial charge on any atom is 0.320 e. The van der Waals surface area contributed by atoms with Gasteiger partial charge in [-0.1, -0.05) is 37.3 Å². The number of ether oxygens (including phenoxy) is 1. The fourth-order valence-corrected chi connectivity index (χ4v) is 4.19. The highest BCUT2D eigenvalue weighted by Gasteiger charge is 2.25. The maximum absolute atomic E-state index is 13.3. The average molecular weight is 499 g/mol. The second kappa shape index (κ2) is 13.7. The lowest BCUT2D eigenvalue weighted by molar-refractivity contribution is -0.145. The Morgan fingerprint density at radius 2 is 1.67 bits per heavy atom. The third kappa shape index (κ3) is 8.42. The zero-order valence-corrected chi connectivity index (χ0v) is 21.0. The molecule has 8 nitrogen and oxygen atoms in total. The summed E-state index contributed by atoms with van der Waals surface area (Å²) in [5, 5.41) is 2.99. The highest BCUT2D eigenvalue weighted by Crippen LogP contribution is 2.15. The Morgan fingerprint density at radius 1 is 0.972 bits per heavy atom. The van der Waals surface area contributed by atoms with E-state index in [1.807, 2.05) is 29.2 Å². The van der Waals surface area contributed by atoms with E-state index in [1.54, 1.807) is 28.9 Å². The number of nitrogens with one attached hydrogen (secondary N) is 1. The topological polar surface area (TPSA) is 82.2 Å². The van der Waals surface area contributed by atoms with Crippen LogP contribution in [0.3, 0.4) is 0 Å². The van der Waals surface area contributed by atoms with Gasteiger partial charge in [-0.15, -0.1) is 0 Å².